The van der Waals surface area contributed by atoms with Crippen molar-refractivity contribution in [3.05, 3.63) is 0 Å². The van der Waals surface area contributed by atoms with Crippen molar-refractivity contribution in [1.29, 1.82) is 0 Å². The van der Waals surface area contributed by atoms with Crippen LogP contribution >= 0.6 is 0 Å². The minimum Gasteiger partial charge on any atom is -0.394 e. The zero-order valence-electron chi connectivity index (χ0n) is 7.76. The lowest BCUT2D eigenvalue weighted by Gasteiger charge is -2.28. The third-order valence-corrected chi connectivity index (χ3v) is 2.34. The molecule has 0 aromatic rings. The summed E-state index contributed by atoms with van der Waals surface area (Å²) in [6.07, 6.45) is 2.21. The van der Waals surface area contributed by atoms with Crippen molar-refractivity contribution < 1.29 is 9.90 Å². The van der Waals surface area contributed by atoms with Gasteiger partial charge in [-0.3, -0.25) is 4.79 Å². The van der Waals surface area contributed by atoms with Crippen LogP contribution in [-0.2, 0) is 4.79 Å². The van der Waals surface area contributed by atoms with Crippen LogP contribution in [0.2, 0.25) is 0 Å². The molecule has 1 saturated heterocycles. The number of rotatable bonds is 3. The standard InChI is InChI=1S/C9H17NO2/c1-7(2)5-9(6-11)4-3-8(12)10-9/h7,11H,3-6H2,1-2H3,(H,10,12). The molecule has 1 amide bonds. The summed E-state index contributed by atoms with van der Waals surface area (Å²) in [5.74, 6) is 0.584. The fraction of sp³-hybridized carbons (Fsp3) is 0.889. The molecule has 1 unspecified atom stereocenters. The molecular weight excluding hydrogens is 154 g/mol. The molecule has 0 spiro atoms. The molecule has 0 radical (unpaired) electrons. The summed E-state index contributed by atoms with van der Waals surface area (Å²) in [6.45, 7) is 4.26. The zero-order chi connectivity index (χ0) is 9.19. The number of carbonyl (C=O) groups excluding carboxylic acids is 1. The number of aliphatic hydroxyl groups excluding tert-OH is 1. The minimum absolute atomic E-state index is 0.0664. The molecule has 70 valence electrons. The maximum Gasteiger partial charge on any atom is 0.220 e. The minimum atomic E-state index is -0.314. The number of aliphatic hydroxyl groups is 1. The van der Waals surface area contributed by atoms with E-state index in [0.717, 1.165) is 12.8 Å². The van der Waals surface area contributed by atoms with E-state index < -0.39 is 0 Å². The van der Waals surface area contributed by atoms with E-state index in [2.05, 4.69) is 19.2 Å². The Balaban J connectivity index is 2.58. The number of amides is 1. The van der Waals surface area contributed by atoms with E-state index in [1.807, 2.05) is 0 Å². The Morgan fingerprint density at radius 3 is 2.67 bits per heavy atom. The van der Waals surface area contributed by atoms with Gasteiger partial charge in [0.2, 0.25) is 5.91 Å². The summed E-state index contributed by atoms with van der Waals surface area (Å²) in [5, 5.41) is 12.0. The number of nitrogens with one attached hydrogen (secondary N) is 1. The fourth-order valence-electron chi connectivity index (χ4n) is 1.89. The average Bonchev–Trinajstić information content (AvgIpc) is 2.32. The van der Waals surface area contributed by atoms with Gasteiger partial charge < -0.3 is 10.4 Å². The van der Waals surface area contributed by atoms with E-state index in [0.29, 0.717) is 12.3 Å². The highest BCUT2D eigenvalue weighted by Gasteiger charge is 2.37. The van der Waals surface area contributed by atoms with Crippen LogP contribution < -0.4 is 5.32 Å². The number of hydrogen-bond acceptors (Lipinski definition) is 2. The molecule has 1 atom stereocenters. The van der Waals surface area contributed by atoms with Gasteiger partial charge in [0.15, 0.2) is 0 Å². The normalized spacial score (nSPS) is 29.5. The van der Waals surface area contributed by atoms with Crippen LogP contribution in [0.25, 0.3) is 0 Å². The molecule has 0 aromatic carbocycles. The summed E-state index contributed by atoms with van der Waals surface area (Å²) in [6, 6.07) is 0. The summed E-state index contributed by atoms with van der Waals surface area (Å²) in [5.41, 5.74) is -0.314. The first-order valence-corrected chi connectivity index (χ1v) is 4.50. The van der Waals surface area contributed by atoms with Gasteiger partial charge in [-0.25, -0.2) is 0 Å². The van der Waals surface area contributed by atoms with E-state index in [1.165, 1.54) is 0 Å². The van der Waals surface area contributed by atoms with Crippen molar-refractivity contribution in [2.75, 3.05) is 6.61 Å². The molecule has 1 rings (SSSR count). The topological polar surface area (TPSA) is 49.3 Å². The van der Waals surface area contributed by atoms with Crippen LogP contribution in [0.3, 0.4) is 0 Å². The Hall–Kier alpha value is -0.570. The van der Waals surface area contributed by atoms with Crippen molar-refractivity contribution in [2.45, 2.75) is 38.6 Å². The molecule has 2 N–H and O–H groups in total. The van der Waals surface area contributed by atoms with Crippen molar-refractivity contribution >= 4 is 5.91 Å². The fourth-order valence-corrected chi connectivity index (χ4v) is 1.89. The van der Waals surface area contributed by atoms with Crippen LogP contribution in [0, 0.1) is 5.92 Å². The smallest absolute Gasteiger partial charge is 0.220 e. The van der Waals surface area contributed by atoms with Crippen LogP contribution in [0.1, 0.15) is 33.1 Å². The first-order chi connectivity index (χ1) is 5.58. The lowest BCUT2D eigenvalue weighted by molar-refractivity contribution is -0.120. The van der Waals surface area contributed by atoms with Gasteiger partial charge >= 0.3 is 0 Å². The third-order valence-electron chi connectivity index (χ3n) is 2.34. The van der Waals surface area contributed by atoms with Crippen LogP contribution in [0.4, 0.5) is 0 Å². The second-order valence-electron chi connectivity index (χ2n) is 4.08. The highest BCUT2D eigenvalue weighted by Crippen LogP contribution is 2.26. The van der Waals surface area contributed by atoms with E-state index in [1.54, 1.807) is 0 Å². The molecule has 12 heavy (non-hydrogen) atoms. The van der Waals surface area contributed by atoms with Crippen molar-refractivity contribution in [2.24, 2.45) is 5.92 Å². The van der Waals surface area contributed by atoms with Gasteiger partial charge in [0, 0.05) is 6.42 Å². The summed E-state index contributed by atoms with van der Waals surface area (Å²) in [4.78, 5) is 11.0. The molecule has 0 aromatic heterocycles. The monoisotopic (exact) mass is 171 g/mol. The second-order valence-corrected chi connectivity index (χ2v) is 4.08. The Bertz CT molecular complexity index is 179. The predicted molar refractivity (Wildman–Crippen MR) is 46.6 cm³/mol. The lowest BCUT2D eigenvalue weighted by Crippen LogP contribution is -2.45. The second kappa shape index (κ2) is 3.44. The molecule has 0 aliphatic carbocycles. The van der Waals surface area contributed by atoms with Crippen molar-refractivity contribution in [3.63, 3.8) is 0 Å². The van der Waals surface area contributed by atoms with E-state index in [-0.39, 0.29) is 18.1 Å². The van der Waals surface area contributed by atoms with Gasteiger partial charge in [0.25, 0.3) is 0 Å². The maximum absolute atomic E-state index is 11.0. The van der Waals surface area contributed by atoms with Crippen LogP contribution in [-0.4, -0.2) is 23.2 Å². The SMILES string of the molecule is CC(C)CC1(CO)CCC(=O)N1. The average molecular weight is 171 g/mol. The van der Waals surface area contributed by atoms with Crippen LogP contribution in [0.5, 0.6) is 0 Å². The maximum atomic E-state index is 11.0. The van der Waals surface area contributed by atoms with Gasteiger partial charge in [0.1, 0.15) is 0 Å². The first-order valence-electron chi connectivity index (χ1n) is 4.50. The Labute approximate surface area is 73.2 Å². The Morgan fingerprint density at radius 1 is 1.67 bits per heavy atom. The molecule has 1 aliphatic heterocycles. The molecule has 1 fully saturated rings. The van der Waals surface area contributed by atoms with Gasteiger partial charge in [-0.05, 0) is 18.8 Å². The quantitative estimate of drug-likeness (QED) is 0.656. The molecule has 3 heteroatoms. The molecular formula is C9H17NO2. The predicted octanol–water partition coefficient (Wildman–Crippen LogP) is 0.674. The number of hydrogen-bond donors (Lipinski definition) is 2. The summed E-state index contributed by atoms with van der Waals surface area (Å²) in [7, 11) is 0. The van der Waals surface area contributed by atoms with Gasteiger partial charge in [-0.15, -0.1) is 0 Å². The molecule has 1 aliphatic rings. The van der Waals surface area contributed by atoms with Crippen LogP contribution in [0.15, 0.2) is 0 Å². The molecule has 0 saturated carbocycles. The molecule has 0 bridgehead atoms. The van der Waals surface area contributed by atoms with E-state index >= 15 is 0 Å². The summed E-state index contributed by atoms with van der Waals surface area (Å²) >= 11 is 0. The molecule has 3 nitrogen and oxygen atoms in total. The Kier molecular flexibility index (Phi) is 2.73. The summed E-state index contributed by atoms with van der Waals surface area (Å²) < 4.78 is 0. The number of carbonyl (C=O) groups is 1. The Morgan fingerprint density at radius 2 is 2.33 bits per heavy atom. The van der Waals surface area contributed by atoms with E-state index in [4.69, 9.17) is 5.11 Å². The van der Waals surface area contributed by atoms with Crippen molar-refractivity contribution in [1.82, 2.24) is 5.32 Å². The molecule has 1 heterocycles. The van der Waals surface area contributed by atoms with Gasteiger partial charge in [0.05, 0.1) is 12.1 Å². The van der Waals surface area contributed by atoms with Gasteiger partial charge in [-0.2, -0.15) is 0 Å². The zero-order valence-corrected chi connectivity index (χ0v) is 7.76. The van der Waals surface area contributed by atoms with E-state index in [9.17, 15) is 4.79 Å². The highest BCUT2D eigenvalue weighted by atomic mass is 16.3. The van der Waals surface area contributed by atoms with Crippen molar-refractivity contribution in [3.8, 4) is 0 Å². The largest absolute Gasteiger partial charge is 0.394 e. The lowest BCUT2D eigenvalue weighted by atomic mass is 9.88. The third kappa shape index (κ3) is 1.97. The van der Waals surface area contributed by atoms with Gasteiger partial charge in [-0.1, -0.05) is 13.8 Å². The first kappa shape index (κ1) is 9.52. The highest BCUT2D eigenvalue weighted by molar-refractivity contribution is 5.79.